The first-order valence-electron chi connectivity index (χ1n) is 5.71. The SMILES string of the molecule is Nc1ccccc1NCc1ccc(C(F)(F)F)cc1. The van der Waals surface area contributed by atoms with Gasteiger partial charge in [-0.2, -0.15) is 13.2 Å². The first kappa shape index (κ1) is 13.3. The van der Waals surface area contributed by atoms with E-state index in [0.29, 0.717) is 12.2 Å². The van der Waals surface area contributed by atoms with Crippen molar-refractivity contribution in [1.82, 2.24) is 0 Å². The van der Waals surface area contributed by atoms with E-state index in [9.17, 15) is 13.2 Å². The molecule has 5 heteroatoms. The Morgan fingerprint density at radius 1 is 0.947 bits per heavy atom. The van der Waals surface area contributed by atoms with Gasteiger partial charge in [-0.25, -0.2) is 0 Å². The van der Waals surface area contributed by atoms with E-state index in [0.717, 1.165) is 23.4 Å². The number of para-hydroxylation sites is 2. The molecule has 0 saturated heterocycles. The molecule has 0 radical (unpaired) electrons. The Balaban J connectivity index is 2.03. The molecule has 19 heavy (non-hydrogen) atoms. The van der Waals surface area contributed by atoms with E-state index in [1.165, 1.54) is 12.1 Å². The Kier molecular flexibility index (Phi) is 3.64. The van der Waals surface area contributed by atoms with Crippen molar-refractivity contribution in [3.05, 3.63) is 59.7 Å². The fourth-order valence-electron chi connectivity index (χ4n) is 1.67. The number of benzene rings is 2. The predicted octanol–water partition coefficient (Wildman–Crippen LogP) is 3.90. The van der Waals surface area contributed by atoms with E-state index < -0.39 is 11.7 Å². The topological polar surface area (TPSA) is 38.0 Å². The molecule has 0 saturated carbocycles. The first-order valence-corrected chi connectivity index (χ1v) is 5.71. The van der Waals surface area contributed by atoms with Crippen LogP contribution in [0.1, 0.15) is 11.1 Å². The number of rotatable bonds is 3. The summed E-state index contributed by atoms with van der Waals surface area (Å²) in [6, 6.07) is 12.3. The van der Waals surface area contributed by atoms with E-state index in [4.69, 9.17) is 5.73 Å². The van der Waals surface area contributed by atoms with Crippen LogP contribution in [0.2, 0.25) is 0 Å². The summed E-state index contributed by atoms with van der Waals surface area (Å²) < 4.78 is 37.2. The molecule has 2 rings (SSSR count). The second-order valence-corrected chi connectivity index (χ2v) is 4.14. The van der Waals surface area contributed by atoms with Crippen molar-refractivity contribution in [2.75, 3.05) is 11.1 Å². The lowest BCUT2D eigenvalue weighted by Gasteiger charge is -2.10. The molecule has 2 aromatic rings. The summed E-state index contributed by atoms with van der Waals surface area (Å²) in [7, 11) is 0. The molecule has 0 aliphatic carbocycles. The average Bonchev–Trinajstić information content (AvgIpc) is 2.37. The number of hydrogen-bond donors (Lipinski definition) is 2. The van der Waals surface area contributed by atoms with Gasteiger partial charge in [0.2, 0.25) is 0 Å². The molecule has 0 fully saturated rings. The van der Waals surface area contributed by atoms with Crippen LogP contribution in [0.15, 0.2) is 48.5 Å². The zero-order valence-corrected chi connectivity index (χ0v) is 10.0. The highest BCUT2D eigenvalue weighted by molar-refractivity contribution is 5.65. The van der Waals surface area contributed by atoms with Crippen molar-refractivity contribution < 1.29 is 13.2 Å². The highest BCUT2D eigenvalue weighted by atomic mass is 19.4. The molecule has 0 aliphatic heterocycles. The number of anilines is 2. The first-order chi connectivity index (χ1) is 8.97. The lowest BCUT2D eigenvalue weighted by atomic mass is 10.1. The van der Waals surface area contributed by atoms with Crippen molar-refractivity contribution in [3.8, 4) is 0 Å². The van der Waals surface area contributed by atoms with E-state index in [1.54, 1.807) is 6.07 Å². The zero-order chi connectivity index (χ0) is 13.9. The average molecular weight is 266 g/mol. The largest absolute Gasteiger partial charge is 0.416 e. The molecule has 100 valence electrons. The highest BCUT2D eigenvalue weighted by Crippen LogP contribution is 2.29. The zero-order valence-electron chi connectivity index (χ0n) is 10.0. The van der Waals surface area contributed by atoms with Gasteiger partial charge in [-0.05, 0) is 29.8 Å². The van der Waals surface area contributed by atoms with Crippen LogP contribution in [-0.2, 0) is 12.7 Å². The van der Waals surface area contributed by atoms with Gasteiger partial charge in [0.05, 0.1) is 16.9 Å². The molecular formula is C14H13F3N2. The lowest BCUT2D eigenvalue weighted by Crippen LogP contribution is -2.06. The maximum Gasteiger partial charge on any atom is 0.416 e. The fourth-order valence-corrected chi connectivity index (χ4v) is 1.67. The molecule has 3 N–H and O–H groups in total. The van der Waals surface area contributed by atoms with Gasteiger partial charge in [0.15, 0.2) is 0 Å². The van der Waals surface area contributed by atoms with Crippen molar-refractivity contribution in [2.24, 2.45) is 0 Å². The molecule has 0 amide bonds. The van der Waals surface area contributed by atoms with Crippen molar-refractivity contribution in [2.45, 2.75) is 12.7 Å². The summed E-state index contributed by atoms with van der Waals surface area (Å²) in [5, 5.41) is 3.08. The number of nitrogen functional groups attached to an aromatic ring is 1. The third-order valence-electron chi connectivity index (χ3n) is 2.73. The van der Waals surface area contributed by atoms with Crippen LogP contribution in [0.4, 0.5) is 24.5 Å². The maximum atomic E-state index is 12.4. The van der Waals surface area contributed by atoms with E-state index in [2.05, 4.69) is 5.32 Å². The minimum atomic E-state index is -4.30. The Hall–Kier alpha value is -2.17. The van der Waals surface area contributed by atoms with Crippen molar-refractivity contribution >= 4 is 11.4 Å². The number of nitrogens with two attached hydrogens (primary N) is 1. The van der Waals surface area contributed by atoms with Crippen LogP contribution in [-0.4, -0.2) is 0 Å². The lowest BCUT2D eigenvalue weighted by molar-refractivity contribution is -0.137. The summed E-state index contributed by atoms with van der Waals surface area (Å²) in [6.07, 6.45) is -4.30. The molecule has 2 aromatic carbocycles. The van der Waals surface area contributed by atoms with Gasteiger partial charge in [-0.1, -0.05) is 24.3 Å². The number of alkyl halides is 3. The molecule has 0 bridgehead atoms. The van der Waals surface area contributed by atoms with Crippen LogP contribution >= 0.6 is 0 Å². The van der Waals surface area contributed by atoms with Gasteiger partial charge < -0.3 is 11.1 Å². The van der Waals surface area contributed by atoms with Gasteiger partial charge in [0.1, 0.15) is 0 Å². The summed E-state index contributed by atoms with van der Waals surface area (Å²) in [5.74, 6) is 0. The van der Waals surface area contributed by atoms with Crippen LogP contribution in [0.3, 0.4) is 0 Å². The van der Waals surface area contributed by atoms with E-state index in [-0.39, 0.29) is 0 Å². The Morgan fingerprint density at radius 3 is 2.16 bits per heavy atom. The van der Waals surface area contributed by atoms with Crippen molar-refractivity contribution in [3.63, 3.8) is 0 Å². The van der Waals surface area contributed by atoms with Gasteiger partial charge in [0.25, 0.3) is 0 Å². The molecule has 2 nitrogen and oxygen atoms in total. The summed E-state index contributed by atoms with van der Waals surface area (Å²) >= 11 is 0. The number of halogens is 3. The van der Waals surface area contributed by atoms with Crippen LogP contribution < -0.4 is 11.1 Å². The normalized spacial score (nSPS) is 11.3. The molecule has 0 heterocycles. The van der Waals surface area contributed by atoms with Crippen molar-refractivity contribution in [1.29, 1.82) is 0 Å². The second-order valence-electron chi connectivity index (χ2n) is 4.14. The summed E-state index contributed by atoms with van der Waals surface area (Å²) in [5.41, 5.74) is 7.24. The summed E-state index contributed by atoms with van der Waals surface area (Å²) in [4.78, 5) is 0. The number of nitrogens with one attached hydrogen (secondary N) is 1. The summed E-state index contributed by atoms with van der Waals surface area (Å²) in [6.45, 7) is 0.423. The van der Waals surface area contributed by atoms with Crippen LogP contribution in [0.5, 0.6) is 0 Å². The van der Waals surface area contributed by atoms with E-state index in [1.807, 2.05) is 18.2 Å². The third-order valence-corrected chi connectivity index (χ3v) is 2.73. The van der Waals surface area contributed by atoms with Gasteiger partial charge in [-0.3, -0.25) is 0 Å². The Bertz CT molecular complexity index is 547. The van der Waals surface area contributed by atoms with Gasteiger partial charge in [-0.15, -0.1) is 0 Å². The molecule has 0 spiro atoms. The van der Waals surface area contributed by atoms with Gasteiger partial charge >= 0.3 is 6.18 Å². The number of hydrogen-bond acceptors (Lipinski definition) is 2. The second kappa shape index (κ2) is 5.22. The van der Waals surface area contributed by atoms with E-state index >= 15 is 0 Å². The monoisotopic (exact) mass is 266 g/mol. The predicted molar refractivity (Wildman–Crippen MR) is 69.6 cm³/mol. The van der Waals surface area contributed by atoms with Crippen LogP contribution in [0, 0.1) is 0 Å². The Labute approximate surface area is 109 Å². The minimum Gasteiger partial charge on any atom is -0.397 e. The molecule has 0 atom stereocenters. The Morgan fingerprint density at radius 2 is 1.58 bits per heavy atom. The quantitative estimate of drug-likeness (QED) is 0.827. The fraction of sp³-hybridized carbons (Fsp3) is 0.143. The maximum absolute atomic E-state index is 12.4. The highest BCUT2D eigenvalue weighted by Gasteiger charge is 2.29. The molecule has 0 aromatic heterocycles. The van der Waals surface area contributed by atoms with Gasteiger partial charge in [0, 0.05) is 6.54 Å². The minimum absolute atomic E-state index is 0.423. The molecule has 0 unspecified atom stereocenters. The third kappa shape index (κ3) is 3.40. The van der Waals surface area contributed by atoms with Crippen LogP contribution in [0.25, 0.3) is 0 Å². The molecular weight excluding hydrogens is 253 g/mol. The standard InChI is InChI=1S/C14H13F3N2/c15-14(16,17)11-7-5-10(6-8-11)9-19-13-4-2-1-3-12(13)18/h1-8,19H,9,18H2. The molecule has 0 aliphatic rings. The smallest absolute Gasteiger partial charge is 0.397 e.